The number of ether oxygens (including phenoxy) is 1. The molecule has 2 fully saturated rings. The van der Waals surface area contributed by atoms with E-state index in [0.717, 1.165) is 62.3 Å². The first-order valence-corrected chi connectivity index (χ1v) is 13.4. The molecular formula is C29H37N5OS. The molecule has 0 saturated carbocycles. The van der Waals surface area contributed by atoms with Gasteiger partial charge in [0.05, 0.1) is 31.0 Å². The molecule has 36 heavy (non-hydrogen) atoms. The summed E-state index contributed by atoms with van der Waals surface area (Å²) in [5.74, 6) is 0. The maximum Gasteiger partial charge on any atom is 0.174 e. The maximum atomic E-state index is 5.95. The zero-order valence-electron chi connectivity index (χ0n) is 21.8. The summed E-state index contributed by atoms with van der Waals surface area (Å²) in [6, 6.07) is 15.1. The zero-order valence-corrected chi connectivity index (χ0v) is 22.6. The molecule has 0 spiro atoms. The van der Waals surface area contributed by atoms with E-state index in [9.17, 15) is 0 Å². The van der Waals surface area contributed by atoms with Crippen LogP contribution in [0.5, 0.6) is 0 Å². The summed E-state index contributed by atoms with van der Waals surface area (Å²) >= 11 is 5.95. The predicted molar refractivity (Wildman–Crippen MR) is 150 cm³/mol. The number of thiocarbonyl (C=S) groups is 1. The first kappa shape index (κ1) is 24.9. The number of nitrogens with zero attached hydrogens (tertiary/aromatic N) is 4. The summed E-state index contributed by atoms with van der Waals surface area (Å²) in [5.41, 5.74) is 8.52. The number of morpholine rings is 1. The van der Waals surface area contributed by atoms with Crippen molar-refractivity contribution in [2.45, 2.75) is 52.7 Å². The molecule has 6 nitrogen and oxygen atoms in total. The van der Waals surface area contributed by atoms with Crippen molar-refractivity contribution in [2.24, 2.45) is 0 Å². The van der Waals surface area contributed by atoms with Crippen LogP contribution in [0.4, 0.5) is 5.69 Å². The van der Waals surface area contributed by atoms with Crippen molar-refractivity contribution in [2.75, 3.05) is 37.7 Å². The molecule has 0 bridgehead atoms. The molecule has 0 amide bonds. The Labute approximate surface area is 220 Å². The van der Waals surface area contributed by atoms with E-state index in [4.69, 9.17) is 21.9 Å². The molecule has 2 aromatic heterocycles. The van der Waals surface area contributed by atoms with Crippen LogP contribution in [-0.4, -0.2) is 52.4 Å². The van der Waals surface area contributed by atoms with Gasteiger partial charge in [-0.25, -0.2) is 0 Å². The number of rotatable bonds is 7. The first-order valence-electron chi connectivity index (χ1n) is 13.0. The van der Waals surface area contributed by atoms with E-state index in [1.807, 2.05) is 12.3 Å². The molecule has 1 aromatic carbocycles. The van der Waals surface area contributed by atoms with Gasteiger partial charge in [0.25, 0.3) is 0 Å². The molecule has 0 radical (unpaired) electrons. The standard InChI is InChI=1S/C29H37N5OS/c1-20-16-21(2)18-24(17-20)34-28(27(31-29(34)36)26-8-5-6-9-30-26)25-19-22(3)33(23(25)4)11-7-10-32-12-14-35-15-13-32/h5-6,8-9,16-19,27-28H,7,10-15H2,1-4H3,(H,31,36). The number of hydrogen-bond acceptors (Lipinski definition) is 4. The van der Waals surface area contributed by atoms with Crippen molar-refractivity contribution in [1.29, 1.82) is 0 Å². The number of benzene rings is 1. The Morgan fingerprint density at radius 1 is 1.00 bits per heavy atom. The highest BCUT2D eigenvalue weighted by Crippen LogP contribution is 2.43. The van der Waals surface area contributed by atoms with Crippen LogP contribution in [0, 0.1) is 27.7 Å². The third-order valence-corrected chi connectivity index (χ3v) is 7.79. The molecule has 2 aliphatic heterocycles. The molecule has 2 aliphatic rings. The number of anilines is 1. The molecule has 2 atom stereocenters. The Morgan fingerprint density at radius 2 is 1.75 bits per heavy atom. The van der Waals surface area contributed by atoms with Crippen molar-refractivity contribution in [3.8, 4) is 0 Å². The lowest BCUT2D eigenvalue weighted by Gasteiger charge is -2.29. The van der Waals surface area contributed by atoms with Crippen molar-refractivity contribution in [3.05, 3.63) is 82.4 Å². The van der Waals surface area contributed by atoms with Gasteiger partial charge in [-0.3, -0.25) is 9.88 Å². The molecule has 2 saturated heterocycles. The number of aryl methyl sites for hydroxylation is 3. The molecule has 4 heterocycles. The van der Waals surface area contributed by atoms with Crippen molar-refractivity contribution in [1.82, 2.24) is 19.8 Å². The summed E-state index contributed by atoms with van der Waals surface area (Å²) in [6.45, 7) is 14.7. The van der Waals surface area contributed by atoms with Gasteiger partial charge in [-0.2, -0.15) is 0 Å². The van der Waals surface area contributed by atoms with Gasteiger partial charge in [-0.15, -0.1) is 0 Å². The van der Waals surface area contributed by atoms with Crippen LogP contribution in [0.2, 0.25) is 0 Å². The van der Waals surface area contributed by atoms with Gasteiger partial charge >= 0.3 is 0 Å². The quantitative estimate of drug-likeness (QED) is 0.457. The Kier molecular flexibility index (Phi) is 7.42. The fourth-order valence-corrected chi connectivity index (χ4v) is 6.13. The lowest BCUT2D eigenvalue weighted by Crippen LogP contribution is -2.37. The van der Waals surface area contributed by atoms with Crippen LogP contribution in [-0.2, 0) is 11.3 Å². The minimum atomic E-state index is -0.0261. The number of pyridine rings is 1. The van der Waals surface area contributed by atoms with Gasteiger partial charge in [0.2, 0.25) is 0 Å². The summed E-state index contributed by atoms with van der Waals surface area (Å²) < 4.78 is 7.98. The summed E-state index contributed by atoms with van der Waals surface area (Å²) in [5, 5.41) is 4.36. The van der Waals surface area contributed by atoms with Gasteiger partial charge in [0, 0.05) is 49.5 Å². The van der Waals surface area contributed by atoms with Gasteiger partial charge < -0.3 is 19.5 Å². The number of nitrogens with one attached hydrogen (secondary N) is 1. The molecule has 190 valence electrons. The number of aromatic nitrogens is 2. The highest BCUT2D eigenvalue weighted by Gasteiger charge is 2.42. The van der Waals surface area contributed by atoms with E-state index in [0.29, 0.717) is 0 Å². The van der Waals surface area contributed by atoms with Crippen LogP contribution >= 0.6 is 12.2 Å². The van der Waals surface area contributed by atoms with Crippen LogP contribution in [0.25, 0.3) is 0 Å². The average Bonchev–Trinajstić information content (AvgIpc) is 3.35. The average molecular weight is 504 g/mol. The summed E-state index contributed by atoms with van der Waals surface area (Å²) in [7, 11) is 0. The predicted octanol–water partition coefficient (Wildman–Crippen LogP) is 5.02. The first-order chi connectivity index (χ1) is 17.4. The largest absolute Gasteiger partial charge is 0.379 e. The zero-order chi connectivity index (χ0) is 25.2. The highest BCUT2D eigenvalue weighted by molar-refractivity contribution is 7.80. The fourth-order valence-electron chi connectivity index (χ4n) is 5.79. The minimum Gasteiger partial charge on any atom is -0.379 e. The van der Waals surface area contributed by atoms with E-state index in [-0.39, 0.29) is 12.1 Å². The second kappa shape index (κ2) is 10.7. The van der Waals surface area contributed by atoms with E-state index < -0.39 is 0 Å². The summed E-state index contributed by atoms with van der Waals surface area (Å²) in [4.78, 5) is 9.53. The third-order valence-electron chi connectivity index (χ3n) is 7.47. The lowest BCUT2D eigenvalue weighted by atomic mass is 9.96. The van der Waals surface area contributed by atoms with Crippen LogP contribution in [0.15, 0.2) is 48.7 Å². The van der Waals surface area contributed by atoms with E-state index >= 15 is 0 Å². The topological polar surface area (TPSA) is 45.6 Å². The lowest BCUT2D eigenvalue weighted by molar-refractivity contribution is 0.0369. The highest BCUT2D eigenvalue weighted by atomic mass is 32.1. The van der Waals surface area contributed by atoms with Crippen molar-refractivity contribution in [3.63, 3.8) is 0 Å². The Hall–Kier alpha value is -2.74. The van der Waals surface area contributed by atoms with E-state index in [2.05, 4.69) is 83.8 Å². The van der Waals surface area contributed by atoms with Crippen LogP contribution in [0.1, 0.15) is 52.3 Å². The van der Waals surface area contributed by atoms with E-state index in [1.165, 1.54) is 28.1 Å². The maximum absolute atomic E-state index is 5.95. The molecule has 5 rings (SSSR count). The Morgan fingerprint density at radius 3 is 2.44 bits per heavy atom. The molecule has 0 aliphatic carbocycles. The van der Waals surface area contributed by atoms with Gasteiger partial charge in [-0.1, -0.05) is 12.1 Å². The molecule has 7 heteroatoms. The number of hydrogen-bond donors (Lipinski definition) is 1. The van der Waals surface area contributed by atoms with Gasteiger partial charge in [0.1, 0.15) is 0 Å². The summed E-state index contributed by atoms with van der Waals surface area (Å²) in [6.07, 6.45) is 2.99. The fraction of sp³-hybridized carbons (Fsp3) is 0.448. The van der Waals surface area contributed by atoms with Crippen LogP contribution < -0.4 is 10.2 Å². The Bertz CT molecular complexity index is 1200. The van der Waals surface area contributed by atoms with Gasteiger partial charge in [-0.05, 0) is 93.4 Å². The molecule has 3 aromatic rings. The molecule has 1 N–H and O–H groups in total. The SMILES string of the molecule is Cc1cc(C)cc(N2C(=S)NC(c3ccccn3)C2c2cc(C)n(CCCN3CCOCC3)c2C)c1. The van der Waals surface area contributed by atoms with Gasteiger partial charge in [0.15, 0.2) is 5.11 Å². The second-order valence-corrected chi connectivity index (χ2v) is 10.5. The molecular weight excluding hydrogens is 466 g/mol. The van der Waals surface area contributed by atoms with Crippen molar-refractivity contribution >= 4 is 23.0 Å². The van der Waals surface area contributed by atoms with Crippen LogP contribution in [0.3, 0.4) is 0 Å². The third kappa shape index (κ3) is 5.05. The Balaban J connectivity index is 1.49. The normalized spacial score (nSPS) is 20.7. The minimum absolute atomic E-state index is 0.0211. The molecule has 2 unspecified atom stereocenters. The van der Waals surface area contributed by atoms with E-state index in [1.54, 1.807) is 0 Å². The smallest absolute Gasteiger partial charge is 0.174 e. The second-order valence-electron chi connectivity index (χ2n) is 10.1. The monoisotopic (exact) mass is 503 g/mol. The van der Waals surface area contributed by atoms with Crippen molar-refractivity contribution < 1.29 is 4.74 Å².